The Morgan fingerprint density at radius 3 is 2.44 bits per heavy atom. The molecule has 0 N–H and O–H groups in total. The average Bonchev–Trinajstić information content (AvgIpc) is 3.31. The first-order valence-electron chi connectivity index (χ1n) is 10.5. The highest BCUT2D eigenvalue weighted by Gasteiger charge is 2.20. The fourth-order valence-corrected chi connectivity index (χ4v) is 4.39. The predicted molar refractivity (Wildman–Crippen MR) is 125 cm³/mol. The van der Waals surface area contributed by atoms with Gasteiger partial charge in [-0.2, -0.15) is 5.10 Å². The third-order valence-corrected chi connectivity index (χ3v) is 6.33. The van der Waals surface area contributed by atoms with Crippen LogP contribution in [0.4, 0.5) is 8.78 Å². The van der Waals surface area contributed by atoms with Crippen molar-refractivity contribution in [3.63, 3.8) is 0 Å². The van der Waals surface area contributed by atoms with Gasteiger partial charge in [0.1, 0.15) is 0 Å². The number of rotatable bonds is 6. The Labute approximate surface area is 197 Å². The minimum atomic E-state index is -0.910. The number of thioether (sulfide) groups is 1. The van der Waals surface area contributed by atoms with Gasteiger partial charge in [0.15, 0.2) is 17.3 Å². The summed E-state index contributed by atoms with van der Waals surface area (Å²) in [4.78, 5) is 13.0. The quantitative estimate of drug-likeness (QED) is 0.296. The molecule has 6 nitrogen and oxygen atoms in total. The molecule has 2 heterocycles. The highest BCUT2D eigenvalue weighted by molar-refractivity contribution is 7.99. The number of benzene rings is 3. The molecule has 0 bridgehead atoms. The van der Waals surface area contributed by atoms with Crippen molar-refractivity contribution in [2.75, 3.05) is 0 Å². The summed E-state index contributed by atoms with van der Waals surface area (Å²) in [5.41, 5.74) is 1.69. The summed E-state index contributed by atoms with van der Waals surface area (Å²) in [7, 11) is 0. The van der Waals surface area contributed by atoms with Gasteiger partial charge < -0.3 is 4.42 Å². The van der Waals surface area contributed by atoms with Crippen LogP contribution < -0.4 is 5.56 Å². The lowest BCUT2D eigenvalue weighted by Gasteiger charge is -2.10. The highest BCUT2D eigenvalue weighted by atomic mass is 32.2. The molecule has 9 heteroatoms. The molecule has 3 aromatic carbocycles. The fraction of sp³-hybridized carbons (Fsp3) is 0.120. The van der Waals surface area contributed by atoms with E-state index in [0.29, 0.717) is 28.6 Å². The second-order valence-corrected chi connectivity index (χ2v) is 8.94. The van der Waals surface area contributed by atoms with Crippen LogP contribution in [0, 0.1) is 11.6 Å². The van der Waals surface area contributed by atoms with Gasteiger partial charge in [0.05, 0.1) is 11.9 Å². The monoisotopic (exact) mass is 476 g/mol. The first-order chi connectivity index (χ1) is 16.5. The molecule has 5 rings (SSSR count). The topological polar surface area (TPSA) is 73.8 Å². The fourth-order valence-electron chi connectivity index (χ4n) is 3.59. The lowest BCUT2D eigenvalue weighted by molar-refractivity contribution is 0.462. The summed E-state index contributed by atoms with van der Waals surface area (Å²) in [6.45, 7) is 2.12. The molecule has 0 aliphatic heterocycles. The minimum Gasteiger partial charge on any atom is -0.409 e. The van der Waals surface area contributed by atoms with Crippen LogP contribution in [0.1, 0.15) is 23.3 Å². The maximum absolute atomic E-state index is 13.6. The molecule has 2 aromatic heterocycles. The van der Waals surface area contributed by atoms with Crippen molar-refractivity contribution in [1.29, 1.82) is 0 Å². The Bertz CT molecular complexity index is 1540. The average molecular weight is 477 g/mol. The van der Waals surface area contributed by atoms with Crippen LogP contribution >= 0.6 is 11.8 Å². The first-order valence-corrected chi connectivity index (χ1v) is 11.4. The van der Waals surface area contributed by atoms with Gasteiger partial charge in [-0.15, -0.1) is 10.2 Å². The van der Waals surface area contributed by atoms with Crippen molar-refractivity contribution in [2.45, 2.75) is 23.9 Å². The summed E-state index contributed by atoms with van der Waals surface area (Å²) < 4.78 is 34.1. The van der Waals surface area contributed by atoms with Gasteiger partial charge in [-0.25, -0.2) is 13.5 Å². The van der Waals surface area contributed by atoms with E-state index in [1.165, 1.54) is 22.5 Å². The summed E-state index contributed by atoms with van der Waals surface area (Å²) in [6.07, 6.45) is 0. The Balaban J connectivity index is 1.50. The maximum atomic E-state index is 13.6. The number of hydrogen-bond acceptors (Lipinski definition) is 6. The summed E-state index contributed by atoms with van der Waals surface area (Å²) >= 11 is 1.22. The van der Waals surface area contributed by atoms with Crippen molar-refractivity contribution in [3.8, 4) is 11.6 Å². The van der Waals surface area contributed by atoms with Crippen LogP contribution in [0.5, 0.6) is 0 Å². The Morgan fingerprint density at radius 2 is 1.68 bits per heavy atom. The standard InChI is InChI=1S/C25H18F2N4O2S/c1-15(17-11-12-20(26)21(27)13-17)34-25-29-28-23(33-25)22-18-9-5-6-10-19(18)24(32)31(30-22)14-16-7-3-2-4-8-16/h2-13,15H,14H2,1H3. The number of aromatic nitrogens is 4. The zero-order valence-electron chi connectivity index (χ0n) is 18.0. The Hall–Kier alpha value is -3.85. The van der Waals surface area contributed by atoms with E-state index in [4.69, 9.17) is 4.42 Å². The molecule has 0 aliphatic rings. The van der Waals surface area contributed by atoms with E-state index >= 15 is 0 Å². The van der Waals surface area contributed by atoms with E-state index in [1.807, 2.05) is 43.3 Å². The summed E-state index contributed by atoms with van der Waals surface area (Å²) in [6, 6.07) is 20.4. The molecule has 0 saturated carbocycles. The third kappa shape index (κ3) is 4.34. The second-order valence-electron chi connectivity index (χ2n) is 7.65. The van der Waals surface area contributed by atoms with Gasteiger partial charge in [0.25, 0.3) is 16.7 Å². The largest absolute Gasteiger partial charge is 0.409 e. The van der Waals surface area contributed by atoms with Crippen molar-refractivity contribution in [1.82, 2.24) is 20.0 Å². The smallest absolute Gasteiger partial charge is 0.277 e. The molecule has 0 spiro atoms. The molecule has 0 saturated heterocycles. The van der Waals surface area contributed by atoms with Crippen LogP contribution in [0.15, 0.2) is 87.2 Å². The van der Waals surface area contributed by atoms with Gasteiger partial charge >= 0.3 is 0 Å². The molecule has 5 aromatic rings. The van der Waals surface area contributed by atoms with E-state index < -0.39 is 11.6 Å². The van der Waals surface area contributed by atoms with Crippen LogP contribution in [0.25, 0.3) is 22.4 Å². The SMILES string of the molecule is CC(Sc1nnc(-c2nn(Cc3ccccc3)c(=O)c3ccccc23)o1)c1ccc(F)c(F)c1. The number of nitrogens with zero attached hydrogens (tertiary/aromatic N) is 4. The van der Waals surface area contributed by atoms with Crippen molar-refractivity contribution in [3.05, 3.63) is 106 Å². The lowest BCUT2D eigenvalue weighted by Crippen LogP contribution is -2.24. The zero-order valence-corrected chi connectivity index (χ0v) is 18.8. The van der Waals surface area contributed by atoms with Crippen molar-refractivity contribution >= 4 is 22.5 Å². The molecule has 0 fully saturated rings. The molecule has 0 radical (unpaired) electrons. The van der Waals surface area contributed by atoms with Crippen LogP contribution in [0.2, 0.25) is 0 Å². The summed E-state index contributed by atoms with van der Waals surface area (Å²) in [5, 5.41) is 13.9. The number of fused-ring (bicyclic) bond motifs is 1. The maximum Gasteiger partial charge on any atom is 0.277 e. The van der Waals surface area contributed by atoms with Gasteiger partial charge in [0.2, 0.25) is 0 Å². The predicted octanol–water partition coefficient (Wildman–Crippen LogP) is 5.63. The first kappa shape index (κ1) is 22.0. The molecule has 1 atom stereocenters. The van der Waals surface area contributed by atoms with Crippen molar-refractivity contribution in [2.24, 2.45) is 0 Å². The molecular formula is C25H18F2N4O2S. The van der Waals surface area contributed by atoms with E-state index in [1.54, 1.807) is 18.2 Å². The van der Waals surface area contributed by atoms with Crippen LogP contribution in [0.3, 0.4) is 0 Å². The van der Waals surface area contributed by atoms with E-state index in [2.05, 4.69) is 15.3 Å². The van der Waals surface area contributed by atoms with E-state index in [9.17, 15) is 13.6 Å². The Kier molecular flexibility index (Phi) is 5.93. The third-order valence-electron chi connectivity index (χ3n) is 5.34. The molecule has 34 heavy (non-hydrogen) atoms. The van der Waals surface area contributed by atoms with Gasteiger partial charge in [-0.3, -0.25) is 4.79 Å². The normalized spacial score (nSPS) is 12.2. The minimum absolute atomic E-state index is 0.165. The number of hydrogen-bond donors (Lipinski definition) is 0. The Morgan fingerprint density at radius 1 is 0.941 bits per heavy atom. The molecule has 0 aliphatic carbocycles. The van der Waals surface area contributed by atoms with Crippen molar-refractivity contribution < 1.29 is 13.2 Å². The van der Waals surface area contributed by atoms with E-state index in [-0.39, 0.29) is 21.9 Å². The molecule has 0 amide bonds. The highest BCUT2D eigenvalue weighted by Crippen LogP contribution is 2.36. The zero-order chi connectivity index (χ0) is 23.7. The second kappa shape index (κ2) is 9.18. The van der Waals surface area contributed by atoms with E-state index in [0.717, 1.165) is 17.7 Å². The molecule has 170 valence electrons. The number of halogens is 2. The summed E-state index contributed by atoms with van der Waals surface area (Å²) in [5.74, 6) is -1.64. The van der Waals surface area contributed by atoms with Gasteiger partial charge in [0, 0.05) is 10.6 Å². The lowest BCUT2D eigenvalue weighted by atomic mass is 10.1. The molecular weight excluding hydrogens is 458 g/mol. The van der Waals surface area contributed by atoms with Gasteiger partial charge in [-0.1, -0.05) is 66.4 Å². The van der Waals surface area contributed by atoms with Crippen LogP contribution in [-0.4, -0.2) is 20.0 Å². The van der Waals surface area contributed by atoms with Crippen LogP contribution in [-0.2, 0) is 6.54 Å². The van der Waals surface area contributed by atoms with Gasteiger partial charge in [-0.05, 0) is 36.2 Å². The molecule has 1 unspecified atom stereocenters.